The van der Waals surface area contributed by atoms with Gasteiger partial charge in [-0.2, -0.15) is 13.2 Å². The van der Waals surface area contributed by atoms with E-state index >= 15 is 0 Å². The molecule has 1 aliphatic carbocycles. The lowest BCUT2D eigenvalue weighted by atomic mass is 9.99. The van der Waals surface area contributed by atoms with E-state index in [-0.39, 0.29) is 6.04 Å². The van der Waals surface area contributed by atoms with Gasteiger partial charge in [-0.05, 0) is 48.8 Å². The van der Waals surface area contributed by atoms with E-state index < -0.39 is 11.7 Å². The summed E-state index contributed by atoms with van der Waals surface area (Å²) in [6.07, 6.45) is -1.06. The predicted molar refractivity (Wildman–Crippen MR) is 73.8 cm³/mol. The summed E-state index contributed by atoms with van der Waals surface area (Å²) < 4.78 is 43.9. The predicted octanol–water partition coefficient (Wildman–Crippen LogP) is 3.78. The van der Waals surface area contributed by atoms with Crippen molar-refractivity contribution in [3.8, 4) is 0 Å². The Morgan fingerprint density at radius 1 is 1.24 bits per heavy atom. The molecular weight excluding hydrogens is 279 g/mol. The maximum Gasteiger partial charge on any atom is 0.416 e. The third-order valence-corrected chi connectivity index (χ3v) is 4.32. The van der Waals surface area contributed by atoms with Gasteiger partial charge >= 0.3 is 6.18 Å². The van der Waals surface area contributed by atoms with Gasteiger partial charge in [0, 0.05) is 19.2 Å². The quantitative estimate of drug-likeness (QED) is 0.893. The van der Waals surface area contributed by atoms with Crippen molar-refractivity contribution in [3.05, 3.63) is 35.4 Å². The topological polar surface area (TPSA) is 21.3 Å². The Labute approximate surface area is 122 Å². The zero-order valence-electron chi connectivity index (χ0n) is 11.8. The maximum atomic E-state index is 12.8. The molecule has 1 saturated heterocycles. The van der Waals surface area contributed by atoms with Crippen LogP contribution in [0.2, 0.25) is 0 Å². The third kappa shape index (κ3) is 3.77. The molecule has 116 valence electrons. The molecule has 2 aliphatic rings. The molecule has 0 unspecified atom stereocenters. The Morgan fingerprint density at radius 3 is 2.67 bits per heavy atom. The molecule has 1 heterocycles. The van der Waals surface area contributed by atoms with Crippen LogP contribution in [0.1, 0.15) is 36.4 Å². The summed E-state index contributed by atoms with van der Waals surface area (Å²) in [7, 11) is 0. The van der Waals surface area contributed by atoms with Crippen LogP contribution < -0.4 is 5.32 Å². The van der Waals surface area contributed by atoms with Crippen molar-refractivity contribution in [2.75, 3.05) is 19.8 Å². The fourth-order valence-corrected chi connectivity index (χ4v) is 2.93. The summed E-state index contributed by atoms with van der Waals surface area (Å²) in [6, 6.07) is 5.77. The minimum atomic E-state index is -4.27. The average Bonchev–Trinajstić information content (AvgIpc) is 3.14. The van der Waals surface area contributed by atoms with Crippen LogP contribution in [0.4, 0.5) is 13.2 Å². The summed E-state index contributed by atoms with van der Waals surface area (Å²) >= 11 is 0. The Hall–Kier alpha value is -1.07. The number of halogens is 3. The lowest BCUT2D eigenvalue weighted by Crippen LogP contribution is -2.29. The largest absolute Gasteiger partial charge is 0.416 e. The number of rotatable bonds is 5. The summed E-state index contributed by atoms with van der Waals surface area (Å²) in [5.74, 6) is 0.952. The summed E-state index contributed by atoms with van der Waals surface area (Å²) in [5.41, 5.74) is 0.197. The number of hydrogen-bond acceptors (Lipinski definition) is 2. The molecule has 2 atom stereocenters. The van der Waals surface area contributed by atoms with Crippen molar-refractivity contribution in [2.45, 2.75) is 31.5 Å². The van der Waals surface area contributed by atoms with Crippen molar-refractivity contribution in [1.82, 2.24) is 5.32 Å². The van der Waals surface area contributed by atoms with Crippen LogP contribution in [0.5, 0.6) is 0 Å². The summed E-state index contributed by atoms with van der Waals surface area (Å²) in [5, 5.41) is 3.47. The SMILES string of the molecule is FC(F)(F)c1cccc([C@@H](NC[C@H]2CCOC2)C2CC2)c1. The van der Waals surface area contributed by atoms with Gasteiger partial charge in [-0.25, -0.2) is 0 Å². The van der Waals surface area contributed by atoms with Gasteiger partial charge in [0.1, 0.15) is 0 Å². The normalized spacial score (nSPS) is 24.2. The molecule has 5 heteroatoms. The molecule has 0 bridgehead atoms. The molecule has 0 spiro atoms. The van der Waals surface area contributed by atoms with E-state index in [1.807, 2.05) is 0 Å². The van der Waals surface area contributed by atoms with Gasteiger partial charge in [-0.1, -0.05) is 12.1 Å². The van der Waals surface area contributed by atoms with Gasteiger partial charge in [0.25, 0.3) is 0 Å². The highest BCUT2D eigenvalue weighted by molar-refractivity contribution is 5.29. The number of nitrogens with one attached hydrogen (secondary N) is 1. The van der Waals surface area contributed by atoms with Crippen molar-refractivity contribution in [2.24, 2.45) is 11.8 Å². The second-order valence-electron chi connectivity index (χ2n) is 6.08. The van der Waals surface area contributed by atoms with E-state index in [0.29, 0.717) is 11.8 Å². The zero-order chi connectivity index (χ0) is 14.9. The molecule has 1 aliphatic heterocycles. The van der Waals surface area contributed by atoms with Gasteiger partial charge in [0.15, 0.2) is 0 Å². The molecule has 1 N–H and O–H groups in total. The Bertz CT molecular complexity index is 479. The molecule has 1 aromatic rings. The first-order valence-corrected chi connectivity index (χ1v) is 7.52. The van der Waals surface area contributed by atoms with E-state index in [1.165, 1.54) is 12.1 Å². The van der Waals surface area contributed by atoms with Crippen LogP contribution in [0.3, 0.4) is 0 Å². The van der Waals surface area contributed by atoms with E-state index in [0.717, 1.165) is 50.7 Å². The Morgan fingerprint density at radius 2 is 2.05 bits per heavy atom. The smallest absolute Gasteiger partial charge is 0.381 e. The molecule has 0 amide bonds. The van der Waals surface area contributed by atoms with Crippen molar-refractivity contribution < 1.29 is 17.9 Å². The van der Waals surface area contributed by atoms with Gasteiger partial charge < -0.3 is 10.1 Å². The monoisotopic (exact) mass is 299 g/mol. The van der Waals surface area contributed by atoms with E-state index in [9.17, 15) is 13.2 Å². The van der Waals surface area contributed by atoms with Gasteiger partial charge in [0.05, 0.1) is 12.2 Å². The molecule has 0 radical (unpaired) electrons. The van der Waals surface area contributed by atoms with Crippen LogP contribution >= 0.6 is 0 Å². The highest BCUT2D eigenvalue weighted by Crippen LogP contribution is 2.42. The fourth-order valence-electron chi connectivity index (χ4n) is 2.93. The van der Waals surface area contributed by atoms with Crippen LogP contribution in [0.25, 0.3) is 0 Å². The Balaban J connectivity index is 1.71. The zero-order valence-corrected chi connectivity index (χ0v) is 11.8. The number of alkyl halides is 3. The molecule has 0 aromatic heterocycles. The van der Waals surface area contributed by atoms with Crippen LogP contribution in [0, 0.1) is 11.8 Å². The molecule has 2 nitrogen and oxygen atoms in total. The van der Waals surface area contributed by atoms with E-state index in [4.69, 9.17) is 4.74 Å². The van der Waals surface area contributed by atoms with Crippen LogP contribution in [-0.2, 0) is 10.9 Å². The van der Waals surface area contributed by atoms with Gasteiger partial charge in [-0.3, -0.25) is 0 Å². The van der Waals surface area contributed by atoms with Crippen LogP contribution in [-0.4, -0.2) is 19.8 Å². The summed E-state index contributed by atoms with van der Waals surface area (Å²) in [4.78, 5) is 0. The number of hydrogen-bond donors (Lipinski definition) is 1. The van der Waals surface area contributed by atoms with Crippen molar-refractivity contribution >= 4 is 0 Å². The maximum absolute atomic E-state index is 12.8. The summed E-state index contributed by atoms with van der Waals surface area (Å²) in [6.45, 7) is 2.37. The van der Waals surface area contributed by atoms with Gasteiger partial charge in [0.2, 0.25) is 0 Å². The minimum absolute atomic E-state index is 0.0351. The average molecular weight is 299 g/mol. The second kappa shape index (κ2) is 5.97. The van der Waals surface area contributed by atoms with E-state index in [1.54, 1.807) is 6.07 Å². The van der Waals surface area contributed by atoms with Crippen molar-refractivity contribution in [3.63, 3.8) is 0 Å². The molecule has 3 rings (SSSR count). The van der Waals surface area contributed by atoms with Gasteiger partial charge in [-0.15, -0.1) is 0 Å². The first kappa shape index (κ1) is 14.9. The molecule has 1 saturated carbocycles. The highest BCUT2D eigenvalue weighted by atomic mass is 19.4. The van der Waals surface area contributed by atoms with Crippen LogP contribution in [0.15, 0.2) is 24.3 Å². The molecular formula is C16H20F3NO. The first-order valence-electron chi connectivity index (χ1n) is 7.52. The fraction of sp³-hybridized carbons (Fsp3) is 0.625. The standard InChI is InChI=1S/C16H20F3NO/c17-16(18,19)14-3-1-2-13(8-14)15(12-4-5-12)20-9-11-6-7-21-10-11/h1-3,8,11-12,15,20H,4-7,9-10H2/t11-,15+/m1/s1. The number of benzene rings is 1. The lowest BCUT2D eigenvalue weighted by molar-refractivity contribution is -0.137. The molecule has 21 heavy (non-hydrogen) atoms. The van der Waals surface area contributed by atoms with Crippen molar-refractivity contribution in [1.29, 1.82) is 0 Å². The minimum Gasteiger partial charge on any atom is -0.381 e. The molecule has 2 fully saturated rings. The van der Waals surface area contributed by atoms with E-state index in [2.05, 4.69) is 5.32 Å². The second-order valence-corrected chi connectivity index (χ2v) is 6.08. The number of ether oxygens (including phenoxy) is 1. The first-order chi connectivity index (χ1) is 10.0. The lowest BCUT2D eigenvalue weighted by Gasteiger charge is -2.21. The third-order valence-electron chi connectivity index (χ3n) is 4.32. The highest BCUT2D eigenvalue weighted by Gasteiger charge is 2.35. The Kier molecular flexibility index (Phi) is 4.22. The molecule has 1 aromatic carbocycles.